The number of likely N-dealkylation sites (N-methyl/N-ethyl adjacent to an activating group) is 1. The fourth-order valence-corrected chi connectivity index (χ4v) is 4.98. The molecule has 0 radical (unpaired) electrons. The van der Waals surface area contributed by atoms with E-state index in [0.717, 1.165) is 46.9 Å². The first kappa shape index (κ1) is 20.1. The van der Waals surface area contributed by atoms with Gasteiger partial charge in [-0.3, -0.25) is 14.9 Å². The van der Waals surface area contributed by atoms with Crippen LogP contribution in [0.1, 0.15) is 6.92 Å². The van der Waals surface area contributed by atoms with E-state index in [0.29, 0.717) is 25.5 Å². The van der Waals surface area contributed by atoms with E-state index in [4.69, 9.17) is 9.72 Å². The van der Waals surface area contributed by atoms with Crippen LogP contribution in [-0.2, 0) is 9.53 Å². The van der Waals surface area contributed by atoms with Crippen LogP contribution >= 0.6 is 11.9 Å². The highest BCUT2D eigenvalue weighted by Gasteiger charge is 2.26. The average molecular weight is 440 g/mol. The molecule has 1 unspecified atom stereocenters. The Morgan fingerprint density at radius 3 is 2.94 bits per heavy atom. The number of hydrogen-bond acceptors (Lipinski definition) is 8. The predicted octanol–water partition coefficient (Wildman–Crippen LogP) is 2.17. The maximum absolute atomic E-state index is 12.2. The van der Waals surface area contributed by atoms with Crippen LogP contribution in [0.3, 0.4) is 0 Å². The van der Waals surface area contributed by atoms with Gasteiger partial charge in [0.25, 0.3) is 0 Å². The molecule has 162 valence electrons. The van der Waals surface area contributed by atoms with E-state index in [1.165, 1.54) is 0 Å². The maximum atomic E-state index is 12.2. The van der Waals surface area contributed by atoms with Gasteiger partial charge in [0.2, 0.25) is 5.91 Å². The van der Waals surface area contributed by atoms with Crippen LogP contribution in [0.2, 0.25) is 0 Å². The van der Waals surface area contributed by atoms with Gasteiger partial charge >= 0.3 is 0 Å². The number of ether oxygens (including phenoxy) is 1. The Kier molecular flexibility index (Phi) is 5.41. The summed E-state index contributed by atoms with van der Waals surface area (Å²) in [5.74, 6) is 1.46. The van der Waals surface area contributed by atoms with Crippen molar-refractivity contribution in [3.63, 3.8) is 0 Å². The molecule has 0 aromatic carbocycles. The number of rotatable bonds is 3. The van der Waals surface area contributed by atoms with Crippen molar-refractivity contribution in [1.29, 1.82) is 0 Å². The van der Waals surface area contributed by atoms with Crippen molar-refractivity contribution in [3.8, 4) is 11.4 Å². The number of nitrogens with zero attached hydrogens (tertiary/aromatic N) is 6. The molecule has 31 heavy (non-hydrogen) atoms. The summed E-state index contributed by atoms with van der Waals surface area (Å²) < 4.78 is 7.86. The van der Waals surface area contributed by atoms with Crippen molar-refractivity contribution in [2.45, 2.75) is 13.0 Å². The van der Waals surface area contributed by atoms with Gasteiger partial charge in [0, 0.05) is 50.5 Å². The number of morpholine rings is 1. The molecule has 2 aliphatic heterocycles. The summed E-state index contributed by atoms with van der Waals surface area (Å²) in [6.45, 7) is 5.71. The van der Waals surface area contributed by atoms with Gasteiger partial charge in [0.05, 0.1) is 36.4 Å². The summed E-state index contributed by atoms with van der Waals surface area (Å²) in [6.07, 6.45) is 3.53. The molecule has 0 spiro atoms. The van der Waals surface area contributed by atoms with Gasteiger partial charge in [-0.15, -0.1) is 0 Å². The number of aromatic nitrogens is 4. The fourth-order valence-electron chi connectivity index (χ4n) is 3.99. The van der Waals surface area contributed by atoms with E-state index >= 15 is 0 Å². The molecule has 9 nitrogen and oxygen atoms in total. The highest BCUT2D eigenvalue weighted by Crippen LogP contribution is 2.37. The first-order valence-electron chi connectivity index (χ1n) is 10.4. The molecular formula is C21H25N7O2S. The minimum Gasteiger partial charge on any atom is -0.377 e. The third-order valence-corrected chi connectivity index (χ3v) is 6.85. The zero-order valence-corrected chi connectivity index (χ0v) is 18.4. The number of carbonyl (C=O) groups excluding carboxylic acids is 1. The smallest absolute Gasteiger partial charge is 0.234 e. The predicted molar refractivity (Wildman–Crippen MR) is 122 cm³/mol. The Bertz CT molecular complexity index is 1090. The summed E-state index contributed by atoms with van der Waals surface area (Å²) in [6, 6.07) is 6.27. The molecule has 0 saturated carbocycles. The molecule has 0 bridgehead atoms. The summed E-state index contributed by atoms with van der Waals surface area (Å²) in [4.78, 5) is 26.0. The number of aromatic amines is 1. The highest BCUT2D eigenvalue weighted by atomic mass is 32.2. The quantitative estimate of drug-likeness (QED) is 0.621. The van der Waals surface area contributed by atoms with E-state index in [-0.39, 0.29) is 11.9 Å². The van der Waals surface area contributed by atoms with Gasteiger partial charge in [0.1, 0.15) is 17.0 Å². The number of anilines is 2. The Labute approximate surface area is 184 Å². The SMILES string of the molecule is CC1COCCN1c1cc(N2CCN(C)C(=O)CS2)c2ccnc(-c3ccn[nH]3)c2n1. The lowest BCUT2D eigenvalue weighted by molar-refractivity contribution is -0.126. The van der Waals surface area contributed by atoms with Crippen LogP contribution in [0.15, 0.2) is 30.6 Å². The van der Waals surface area contributed by atoms with Crippen molar-refractivity contribution in [1.82, 2.24) is 25.1 Å². The molecule has 1 atom stereocenters. The number of H-pyrrole nitrogens is 1. The Hall–Kier alpha value is -2.85. The van der Waals surface area contributed by atoms with Crippen molar-refractivity contribution in [2.24, 2.45) is 0 Å². The lowest BCUT2D eigenvalue weighted by Gasteiger charge is -2.35. The molecule has 3 aromatic heterocycles. The minimum absolute atomic E-state index is 0.146. The van der Waals surface area contributed by atoms with E-state index < -0.39 is 0 Å². The number of hydrogen-bond donors (Lipinski definition) is 1. The average Bonchev–Trinajstić information content (AvgIpc) is 3.27. The number of amides is 1. The molecule has 5 heterocycles. The van der Waals surface area contributed by atoms with Crippen LogP contribution < -0.4 is 9.21 Å². The summed E-state index contributed by atoms with van der Waals surface area (Å²) >= 11 is 1.55. The molecule has 5 rings (SSSR count). The first-order valence-corrected chi connectivity index (χ1v) is 11.3. The third kappa shape index (κ3) is 3.81. The second-order valence-electron chi connectivity index (χ2n) is 7.83. The van der Waals surface area contributed by atoms with Crippen LogP contribution in [0.5, 0.6) is 0 Å². The molecule has 0 aliphatic carbocycles. The van der Waals surface area contributed by atoms with Crippen molar-refractivity contribution in [2.75, 3.05) is 54.9 Å². The zero-order valence-electron chi connectivity index (χ0n) is 17.6. The second-order valence-corrected chi connectivity index (χ2v) is 8.82. The Morgan fingerprint density at radius 2 is 2.13 bits per heavy atom. The van der Waals surface area contributed by atoms with E-state index in [1.54, 1.807) is 29.2 Å². The standard InChI is InChI=1S/C21H25N7O2S/c1-14-12-30-10-9-27(14)18-11-17(28-8-7-26(2)19(29)13-31-28)15-3-5-22-21(20(15)24-18)16-4-6-23-25-16/h3-6,11,14H,7-10,12-13H2,1-2H3,(H,23,25). The maximum Gasteiger partial charge on any atom is 0.234 e. The minimum atomic E-state index is 0.146. The van der Waals surface area contributed by atoms with Crippen LogP contribution in [0, 0.1) is 0 Å². The number of carbonyl (C=O) groups is 1. The number of pyridine rings is 2. The largest absolute Gasteiger partial charge is 0.377 e. The van der Waals surface area contributed by atoms with Gasteiger partial charge < -0.3 is 18.8 Å². The lowest BCUT2D eigenvalue weighted by atomic mass is 10.1. The lowest BCUT2D eigenvalue weighted by Crippen LogP contribution is -2.44. The molecule has 1 N–H and O–H groups in total. The highest BCUT2D eigenvalue weighted by molar-refractivity contribution is 8.01. The van der Waals surface area contributed by atoms with Gasteiger partial charge in [-0.05, 0) is 31.0 Å². The van der Waals surface area contributed by atoms with E-state index in [1.807, 2.05) is 19.2 Å². The van der Waals surface area contributed by atoms with Crippen molar-refractivity contribution >= 4 is 40.3 Å². The Balaban J connectivity index is 1.67. The second kappa shape index (κ2) is 8.35. The van der Waals surface area contributed by atoms with E-state index in [2.05, 4.69) is 37.4 Å². The summed E-state index contributed by atoms with van der Waals surface area (Å²) in [5.41, 5.74) is 3.47. The fraction of sp³-hybridized carbons (Fsp3) is 0.429. The molecule has 2 fully saturated rings. The van der Waals surface area contributed by atoms with Gasteiger partial charge in [-0.2, -0.15) is 5.10 Å². The molecule has 2 aliphatic rings. The third-order valence-electron chi connectivity index (χ3n) is 5.79. The van der Waals surface area contributed by atoms with Gasteiger partial charge in [0.15, 0.2) is 0 Å². The Morgan fingerprint density at radius 1 is 1.23 bits per heavy atom. The van der Waals surface area contributed by atoms with E-state index in [9.17, 15) is 4.79 Å². The first-order chi connectivity index (χ1) is 15.1. The van der Waals surface area contributed by atoms with Gasteiger partial charge in [-0.1, -0.05) is 0 Å². The van der Waals surface area contributed by atoms with Crippen LogP contribution in [0.25, 0.3) is 22.3 Å². The summed E-state index contributed by atoms with van der Waals surface area (Å²) in [7, 11) is 1.86. The molecular weight excluding hydrogens is 414 g/mol. The zero-order chi connectivity index (χ0) is 21.4. The summed E-state index contributed by atoms with van der Waals surface area (Å²) in [5, 5.41) is 8.12. The molecule has 2 saturated heterocycles. The van der Waals surface area contributed by atoms with Crippen molar-refractivity contribution in [3.05, 3.63) is 30.6 Å². The molecule has 10 heteroatoms. The van der Waals surface area contributed by atoms with Crippen molar-refractivity contribution < 1.29 is 9.53 Å². The molecule has 1 amide bonds. The van der Waals surface area contributed by atoms with Crippen LogP contribution in [-0.4, -0.2) is 82.7 Å². The number of nitrogens with one attached hydrogen (secondary N) is 1. The van der Waals surface area contributed by atoms with Crippen LogP contribution in [0.4, 0.5) is 11.5 Å². The number of fused-ring (bicyclic) bond motifs is 1. The monoisotopic (exact) mass is 439 g/mol. The molecule has 3 aromatic rings. The normalized spacial score (nSPS) is 20.4. The topological polar surface area (TPSA) is 90.5 Å². The van der Waals surface area contributed by atoms with Gasteiger partial charge in [-0.25, -0.2) is 4.98 Å².